The fraction of sp³-hybridized carbons (Fsp3) is 0.0769. The number of fused-ring (bicyclic) bond motifs is 1. The number of aromatic carboxylic acids is 2. The molecule has 4 nitrogen and oxygen atoms in total. The van der Waals surface area contributed by atoms with E-state index in [0.29, 0.717) is 16.3 Å². The van der Waals surface area contributed by atoms with Gasteiger partial charge in [-0.1, -0.05) is 18.2 Å². The van der Waals surface area contributed by atoms with Gasteiger partial charge in [-0.2, -0.15) is 0 Å². The van der Waals surface area contributed by atoms with Gasteiger partial charge < -0.3 is 10.2 Å². The van der Waals surface area contributed by atoms with Crippen LogP contribution in [-0.4, -0.2) is 22.2 Å². The summed E-state index contributed by atoms with van der Waals surface area (Å²) in [4.78, 5) is 22.0. The summed E-state index contributed by atoms with van der Waals surface area (Å²) < 4.78 is 0. The molecule has 0 unspecified atom stereocenters. The first kappa shape index (κ1) is 11.1. The van der Waals surface area contributed by atoms with Crippen molar-refractivity contribution in [3.63, 3.8) is 0 Å². The second-order valence-corrected chi connectivity index (χ2v) is 3.80. The van der Waals surface area contributed by atoms with Crippen molar-refractivity contribution < 1.29 is 19.8 Å². The Balaban J connectivity index is 2.79. The van der Waals surface area contributed by atoms with Crippen molar-refractivity contribution in [2.45, 2.75) is 6.92 Å². The van der Waals surface area contributed by atoms with E-state index in [0.717, 1.165) is 0 Å². The van der Waals surface area contributed by atoms with E-state index in [2.05, 4.69) is 0 Å². The number of carboxylic acids is 2. The predicted octanol–water partition coefficient (Wildman–Crippen LogP) is 2.54. The molecule has 86 valence electrons. The molecule has 2 rings (SSSR count). The highest BCUT2D eigenvalue weighted by Gasteiger charge is 2.13. The van der Waals surface area contributed by atoms with E-state index in [1.54, 1.807) is 19.1 Å². The highest BCUT2D eigenvalue weighted by molar-refractivity contribution is 6.06. The molecule has 0 atom stereocenters. The van der Waals surface area contributed by atoms with Crippen LogP contribution >= 0.6 is 0 Å². The van der Waals surface area contributed by atoms with Gasteiger partial charge in [0.25, 0.3) is 0 Å². The van der Waals surface area contributed by atoms with Crippen LogP contribution in [0, 0.1) is 6.92 Å². The Kier molecular flexibility index (Phi) is 2.55. The van der Waals surface area contributed by atoms with Crippen molar-refractivity contribution in [1.82, 2.24) is 0 Å². The van der Waals surface area contributed by atoms with E-state index in [-0.39, 0.29) is 11.1 Å². The van der Waals surface area contributed by atoms with Crippen molar-refractivity contribution in [1.29, 1.82) is 0 Å². The van der Waals surface area contributed by atoms with Crippen molar-refractivity contribution in [3.8, 4) is 0 Å². The maximum Gasteiger partial charge on any atom is 0.336 e. The third-order valence-electron chi connectivity index (χ3n) is 2.69. The number of hydrogen-bond acceptors (Lipinski definition) is 2. The Bertz CT molecular complexity index is 629. The van der Waals surface area contributed by atoms with E-state index in [1.807, 2.05) is 0 Å². The number of carbonyl (C=O) groups is 2. The van der Waals surface area contributed by atoms with Gasteiger partial charge in [0.15, 0.2) is 0 Å². The zero-order valence-electron chi connectivity index (χ0n) is 9.10. The van der Waals surface area contributed by atoms with Crippen LogP contribution in [0.2, 0.25) is 0 Å². The van der Waals surface area contributed by atoms with Crippen LogP contribution in [-0.2, 0) is 0 Å². The Labute approximate surface area is 97.1 Å². The van der Waals surface area contributed by atoms with E-state index in [9.17, 15) is 9.59 Å². The lowest BCUT2D eigenvalue weighted by Crippen LogP contribution is -2.02. The fourth-order valence-corrected chi connectivity index (χ4v) is 1.86. The molecule has 0 aliphatic carbocycles. The lowest BCUT2D eigenvalue weighted by Gasteiger charge is -2.06. The van der Waals surface area contributed by atoms with Gasteiger partial charge in [0.1, 0.15) is 0 Å². The second kappa shape index (κ2) is 3.90. The topological polar surface area (TPSA) is 74.6 Å². The van der Waals surface area contributed by atoms with Gasteiger partial charge in [-0.15, -0.1) is 0 Å². The van der Waals surface area contributed by atoms with E-state index >= 15 is 0 Å². The standard InChI is InChI=1S/C13H10O4/c1-7-2-3-8-6-9(12(14)15)4-5-10(8)11(7)13(16)17/h2-6H,1H3,(H,14,15)(H,16,17). The number of benzene rings is 2. The molecule has 0 aliphatic rings. The maximum absolute atomic E-state index is 11.1. The van der Waals surface area contributed by atoms with E-state index in [1.165, 1.54) is 18.2 Å². The minimum Gasteiger partial charge on any atom is -0.478 e. The van der Waals surface area contributed by atoms with Gasteiger partial charge in [-0.3, -0.25) is 0 Å². The summed E-state index contributed by atoms with van der Waals surface area (Å²) in [6.07, 6.45) is 0. The van der Waals surface area contributed by atoms with Gasteiger partial charge in [0.05, 0.1) is 11.1 Å². The van der Waals surface area contributed by atoms with Crippen LogP contribution in [0.4, 0.5) is 0 Å². The molecule has 0 aliphatic heterocycles. The lowest BCUT2D eigenvalue weighted by atomic mass is 9.98. The molecule has 0 heterocycles. The average molecular weight is 230 g/mol. The van der Waals surface area contributed by atoms with E-state index in [4.69, 9.17) is 10.2 Å². The predicted molar refractivity (Wildman–Crippen MR) is 62.6 cm³/mol. The van der Waals surface area contributed by atoms with Crippen LogP contribution in [0.15, 0.2) is 30.3 Å². The normalized spacial score (nSPS) is 10.4. The van der Waals surface area contributed by atoms with Gasteiger partial charge in [0, 0.05) is 0 Å². The number of rotatable bonds is 2. The summed E-state index contributed by atoms with van der Waals surface area (Å²) in [5.41, 5.74) is 1.03. The van der Waals surface area contributed by atoms with E-state index < -0.39 is 11.9 Å². The molecule has 0 spiro atoms. The van der Waals surface area contributed by atoms with Crippen molar-refractivity contribution in [3.05, 3.63) is 47.0 Å². The highest BCUT2D eigenvalue weighted by Crippen LogP contribution is 2.23. The smallest absolute Gasteiger partial charge is 0.336 e. The van der Waals surface area contributed by atoms with Crippen molar-refractivity contribution in [2.75, 3.05) is 0 Å². The molecule has 0 radical (unpaired) electrons. The largest absolute Gasteiger partial charge is 0.478 e. The Hall–Kier alpha value is -2.36. The van der Waals surface area contributed by atoms with Gasteiger partial charge in [-0.25, -0.2) is 9.59 Å². The Morgan fingerprint density at radius 2 is 1.71 bits per heavy atom. The van der Waals surface area contributed by atoms with Crippen LogP contribution in [0.25, 0.3) is 10.8 Å². The lowest BCUT2D eigenvalue weighted by molar-refractivity contribution is 0.0687. The number of hydrogen-bond donors (Lipinski definition) is 2. The number of carboxylic acid groups (broad SMARTS) is 2. The zero-order valence-corrected chi connectivity index (χ0v) is 9.10. The molecule has 2 N–H and O–H groups in total. The summed E-state index contributed by atoms with van der Waals surface area (Å²) in [7, 11) is 0. The number of aryl methyl sites for hydroxylation is 1. The first-order valence-corrected chi connectivity index (χ1v) is 5.00. The average Bonchev–Trinajstić information content (AvgIpc) is 2.27. The quantitative estimate of drug-likeness (QED) is 0.831. The summed E-state index contributed by atoms with van der Waals surface area (Å²) >= 11 is 0. The third kappa shape index (κ3) is 1.85. The van der Waals surface area contributed by atoms with Crippen LogP contribution in [0.5, 0.6) is 0 Å². The molecular weight excluding hydrogens is 220 g/mol. The summed E-state index contributed by atoms with van der Waals surface area (Å²) in [5, 5.41) is 19.2. The molecule has 17 heavy (non-hydrogen) atoms. The van der Waals surface area contributed by atoms with Crippen molar-refractivity contribution in [2.24, 2.45) is 0 Å². The monoisotopic (exact) mass is 230 g/mol. The van der Waals surface area contributed by atoms with Crippen molar-refractivity contribution >= 4 is 22.7 Å². The van der Waals surface area contributed by atoms with Crippen LogP contribution in [0.1, 0.15) is 26.3 Å². The highest BCUT2D eigenvalue weighted by atomic mass is 16.4. The summed E-state index contributed by atoms with van der Waals surface area (Å²) in [6, 6.07) is 7.83. The SMILES string of the molecule is Cc1ccc2cc(C(=O)O)ccc2c1C(=O)O. The van der Waals surface area contributed by atoms with Gasteiger partial charge >= 0.3 is 11.9 Å². The van der Waals surface area contributed by atoms with Crippen LogP contribution < -0.4 is 0 Å². The molecule has 2 aromatic rings. The molecular formula is C13H10O4. The Morgan fingerprint density at radius 3 is 2.29 bits per heavy atom. The zero-order chi connectivity index (χ0) is 12.6. The molecule has 0 aromatic heterocycles. The third-order valence-corrected chi connectivity index (χ3v) is 2.69. The molecule has 0 saturated carbocycles. The molecule has 0 fully saturated rings. The summed E-state index contributed by atoms with van der Waals surface area (Å²) in [6.45, 7) is 1.72. The summed E-state index contributed by atoms with van der Waals surface area (Å²) in [5.74, 6) is -2.03. The van der Waals surface area contributed by atoms with Gasteiger partial charge in [0.2, 0.25) is 0 Å². The molecule has 0 saturated heterocycles. The molecule has 0 amide bonds. The minimum atomic E-state index is -1.02. The molecule has 2 aromatic carbocycles. The molecule has 4 heteroatoms. The minimum absolute atomic E-state index is 0.151. The van der Waals surface area contributed by atoms with Crippen LogP contribution in [0.3, 0.4) is 0 Å². The first-order chi connectivity index (χ1) is 8.00. The fourth-order valence-electron chi connectivity index (χ4n) is 1.86. The Morgan fingerprint density at radius 1 is 1.00 bits per heavy atom. The second-order valence-electron chi connectivity index (χ2n) is 3.80. The van der Waals surface area contributed by atoms with Gasteiger partial charge in [-0.05, 0) is 35.4 Å². The first-order valence-electron chi connectivity index (χ1n) is 5.00. The maximum atomic E-state index is 11.1. The molecule has 0 bridgehead atoms.